The van der Waals surface area contributed by atoms with E-state index in [4.69, 9.17) is 4.74 Å². The summed E-state index contributed by atoms with van der Waals surface area (Å²) in [6, 6.07) is -0.266. The summed E-state index contributed by atoms with van der Waals surface area (Å²) in [4.78, 5) is 23.3. The van der Waals surface area contributed by atoms with Crippen molar-refractivity contribution in [2.24, 2.45) is 0 Å². The van der Waals surface area contributed by atoms with Gasteiger partial charge in [0.15, 0.2) is 0 Å². The quantitative estimate of drug-likeness (QED) is 0.628. The molecule has 1 aliphatic heterocycles. The Labute approximate surface area is 108 Å². The van der Waals surface area contributed by atoms with E-state index in [0.717, 1.165) is 0 Å². The molecule has 3 N–H and O–H groups in total. The van der Waals surface area contributed by atoms with Crippen molar-refractivity contribution in [3.8, 4) is 0 Å². The van der Waals surface area contributed by atoms with Crippen molar-refractivity contribution in [2.75, 3.05) is 20.2 Å². The average molecular weight is 257 g/mol. The van der Waals surface area contributed by atoms with Crippen molar-refractivity contribution in [2.45, 2.75) is 44.9 Å². The average Bonchev–Trinajstić information content (AvgIpc) is 2.72. The van der Waals surface area contributed by atoms with Gasteiger partial charge in [0.1, 0.15) is 0 Å². The van der Waals surface area contributed by atoms with Crippen LogP contribution in [0.3, 0.4) is 0 Å². The minimum Gasteiger partial charge on any atom is -0.380 e. The zero-order valence-corrected chi connectivity index (χ0v) is 11.5. The van der Waals surface area contributed by atoms with Crippen molar-refractivity contribution >= 4 is 11.8 Å². The van der Waals surface area contributed by atoms with E-state index in [0.29, 0.717) is 13.0 Å². The predicted octanol–water partition coefficient (Wildman–Crippen LogP) is -0.606. The van der Waals surface area contributed by atoms with Gasteiger partial charge in [-0.1, -0.05) is 0 Å². The molecule has 0 bridgehead atoms. The second-order valence-corrected chi connectivity index (χ2v) is 5.57. The Hall–Kier alpha value is -1.14. The van der Waals surface area contributed by atoms with Crippen LogP contribution in [0.4, 0.5) is 0 Å². The molecule has 1 rings (SSSR count). The molecule has 6 nitrogen and oxygen atoms in total. The van der Waals surface area contributed by atoms with Gasteiger partial charge < -0.3 is 20.7 Å². The van der Waals surface area contributed by atoms with Crippen molar-refractivity contribution < 1.29 is 14.3 Å². The zero-order valence-electron chi connectivity index (χ0n) is 11.5. The molecule has 0 spiro atoms. The lowest BCUT2D eigenvalue weighted by Gasteiger charge is -2.21. The minimum absolute atomic E-state index is 0.00589. The Kier molecular flexibility index (Phi) is 5.10. The van der Waals surface area contributed by atoms with Crippen LogP contribution in [0.1, 0.15) is 27.2 Å². The van der Waals surface area contributed by atoms with Crippen LogP contribution in [-0.2, 0) is 14.3 Å². The molecule has 0 saturated carbocycles. The second-order valence-electron chi connectivity index (χ2n) is 5.57. The van der Waals surface area contributed by atoms with Crippen LogP contribution < -0.4 is 16.0 Å². The number of nitrogens with one attached hydrogen (secondary N) is 3. The standard InChI is InChI=1S/C12H23N3O3/c1-12(2,3)15-10(16)7-14-11(17)9-5-8(18-4)6-13-9/h8-9,13H,5-7H2,1-4H3,(H,14,17)(H,15,16). The smallest absolute Gasteiger partial charge is 0.239 e. The fraction of sp³-hybridized carbons (Fsp3) is 0.833. The third-order valence-electron chi connectivity index (χ3n) is 2.68. The SMILES string of the molecule is COC1CNC(C(=O)NCC(=O)NC(C)(C)C)C1. The summed E-state index contributed by atoms with van der Waals surface area (Å²) >= 11 is 0. The van der Waals surface area contributed by atoms with Gasteiger partial charge in [-0.25, -0.2) is 0 Å². The first-order chi connectivity index (χ1) is 8.31. The molecule has 18 heavy (non-hydrogen) atoms. The summed E-state index contributed by atoms with van der Waals surface area (Å²) in [5.41, 5.74) is -0.283. The van der Waals surface area contributed by atoms with Gasteiger partial charge in [-0.15, -0.1) is 0 Å². The molecule has 2 unspecified atom stereocenters. The summed E-state index contributed by atoms with van der Waals surface area (Å²) in [6.07, 6.45) is 0.715. The van der Waals surface area contributed by atoms with Crippen LogP contribution in [0.5, 0.6) is 0 Å². The number of hydrogen-bond donors (Lipinski definition) is 3. The summed E-state index contributed by atoms with van der Waals surface area (Å²) in [6.45, 7) is 6.37. The zero-order chi connectivity index (χ0) is 13.8. The highest BCUT2D eigenvalue weighted by molar-refractivity contribution is 5.87. The molecule has 0 aromatic rings. The number of amides is 2. The minimum atomic E-state index is -0.283. The van der Waals surface area contributed by atoms with E-state index >= 15 is 0 Å². The molecular formula is C12H23N3O3. The summed E-state index contributed by atoms with van der Waals surface area (Å²) < 4.78 is 5.16. The highest BCUT2D eigenvalue weighted by atomic mass is 16.5. The maximum atomic E-state index is 11.8. The van der Waals surface area contributed by atoms with Crippen molar-refractivity contribution in [1.82, 2.24) is 16.0 Å². The maximum absolute atomic E-state index is 11.8. The van der Waals surface area contributed by atoms with Crippen molar-refractivity contribution in [1.29, 1.82) is 0 Å². The molecule has 1 heterocycles. The molecule has 2 amide bonds. The molecule has 2 atom stereocenters. The fourth-order valence-electron chi connectivity index (χ4n) is 1.84. The van der Waals surface area contributed by atoms with Gasteiger partial charge in [0.25, 0.3) is 0 Å². The molecule has 104 valence electrons. The normalized spacial score (nSPS) is 23.8. The Morgan fingerprint density at radius 3 is 2.56 bits per heavy atom. The Morgan fingerprint density at radius 2 is 2.06 bits per heavy atom. The Bertz CT molecular complexity index is 312. The van der Waals surface area contributed by atoms with E-state index in [-0.39, 0.29) is 36.0 Å². The van der Waals surface area contributed by atoms with Gasteiger partial charge in [0.05, 0.1) is 18.7 Å². The molecule has 0 aliphatic carbocycles. The molecule has 1 fully saturated rings. The largest absolute Gasteiger partial charge is 0.380 e. The third kappa shape index (κ3) is 5.01. The summed E-state index contributed by atoms with van der Waals surface area (Å²) in [5.74, 6) is -0.337. The van der Waals surface area contributed by atoms with Gasteiger partial charge in [0.2, 0.25) is 11.8 Å². The predicted molar refractivity (Wildman–Crippen MR) is 68.1 cm³/mol. The maximum Gasteiger partial charge on any atom is 0.239 e. The number of methoxy groups -OCH3 is 1. The van der Waals surface area contributed by atoms with Gasteiger partial charge in [-0.3, -0.25) is 9.59 Å². The van der Waals surface area contributed by atoms with E-state index in [9.17, 15) is 9.59 Å². The van der Waals surface area contributed by atoms with Gasteiger partial charge in [-0.05, 0) is 27.2 Å². The highest BCUT2D eigenvalue weighted by Gasteiger charge is 2.29. The lowest BCUT2D eigenvalue weighted by Crippen LogP contribution is -2.48. The van der Waals surface area contributed by atoms with Crippen LogP contribution in [0.15, 0.2) is 0 Å². The second kappa shape index (κ2) is 6.15. The van der Waals surface area contributed by atoms with Gasteiger partial charge in [0, 0.05) is 19.2 Å². The van der Waals surface area contributed by atoms with E-state index in [2.05, 4.69) is 16.0 Å². The highest BCUT2D eigenvalue weighted by Crippen LogP contribution is 2.09. The van der Waals surface area contributed by atoms with Crippen LogP contribution in [0, 0.1) is 0 Å². The Balaban J connectivity index is 2.27. The number of rotatable bonds is 4. The first kappa shape index (κ1) is 14.9. The first-order valence-electron chi connectivity index (χ1n) is 6.16. The molecule has 0 radical (unpaired) electrons. The fourth-order valence-corrected chi connectivity index (χ4v) is 1.84. The number of hydrogen-bond acceptors (Lipinski definition) is 4. The molecule has 0 aromatic heterocycles. The molecular weight excluding hydrogens is 234 g/mol. The molecule has 1 saturated heterocycles. The van der Waals surface area contributed by atoms with Gasteiger partial charge in [-0.2, -0.15) is 0 Å². The lowest BCUT2D eigenvalue weighted by atomic mass is 10.1. The monoisotopic (exact) mass is 257 g/mol. The number of carbonyl (C=O) groups excluding carboxylic acids is 2. The summed E-state index contributed by atoms with van der Waals surface area (Å²) in [7, 11) is 1.63. The van der Waals surface area contributed by atoms with E-state index in [1.807, 2.05) is 20.8 Å². The first-order valence-corrected chi connectivity index (χ1v) is 6.16. The van der Waals surface area contributed by atoms with E-state index in [1.165, 1.54) is 0 Å². The van der Waals surface area contributed by atoms with Gasteiger partial charge >= 0.3 is 0 Å². The number of carbonyl (C=O) groups is 2. The van der Waals surface area contributed by atoms with Crippen LogP contribution in [0.2, 0.25) is 0 Å². The van der Waals surface area contributed by atoms with Crippen molar-refractivity contribution in [3.05, 3.63) is 0 Å². The third-order valence-corrected chi connectivity index (χ3v) is 2.68. The topological polar surface area (TPSA) is 79.5 Å². The lowest BCUT2D eigenvalue weighted by molar-refractivity contribution is -0.127. The molecule has 1 aliphatic rings. The van der Waals surface area contributed by atoms with Crippen LogP contribution in [-0.4, -0.2) is 49.7 Å². The summed E-state index contributed by atoms with van der Waals surface area (Å²) in [5, 5.41) is 8.47. The van der Waals surface area contributed by atoms with Crippen molar-refractivity contribution in [3.63, 3.8) is 0 Å². The number of ether oxygens (including phenoxy) is 1. The Morgan fingerprint density at radius 1 is 1.39 bits per heavy atom. The molecule has 6 heteroatoms. The van der Waals surface area contributed by atoms with E-state index < -0.39 is 0 Å². The van der Waals surface area contributed by atoms with Crippen LogP contribution in [0.25, 0.3) is 0 Å². The molecule has 0 aromatic carbocycles. The van der Waals surface area contributed by atoms with Crippen LogP contribution >= 0.6 is 0 Å². The van der Waals surface area contributed by atoms with E-state index in [1.54, 1.807) is 7.11 Å².